The van der Waals surface area contributed by atoms with Crippen molar-refractivity contribution in [3.05, 3.63) is 0 Å². The Bertz CT molecular complexity index is 187. The van der Waals surface area contributed by atoms with Gasteiger partial charge >= 0.3 is 0 Å². The molecule has 0 aromatic heterocycles. The molecular weight excluding hydrogens is 200 g/mol. The first-order valence-corrected chi connectivity index (χ1v) is 6.67. The van der Waals surface area contributed by atoms with E-state index >= 15 is 0 Å². The first-order chi connectivity index (χ1) is 7.61. The van der Waals surface area contributed by atoms with Crippen molar-refractivity contribution >= 4 is 0 Å². The van der Waals surface area contributed by atoms with Gasteiger partial charge < -0.3 is 14.9 Å². The van der Waals surface area contributed by atoms with Crippen molar-refractivity contribution in [1.82, 2.24) is 9.80 Å². The lowest BCUT2D eigenvalue weighted by Crippen LogP contribution is -2.28. The van der Waals surface area contributed by atoms with Gasteiger partial charge in [-0.05, 0) is 58.8 Å². The van der Waals surface area contributed by atoms with Crippen molar-refractivity contribution < 1.29 is 5.11 Å². The molecule has 1 saturated heterocycles. The molecule has 1 aliphatic heterocycles. The smallest absolute Gasteiger partial charge is 0.0538 e. The molecule has 0 amide bonds. The SMILES string of the molecule is CCC(O)CCCN(C)CC1CCN(C)C1. The summed E-state index contributed by atoms with van der Waals surface area (Å²) in [6.45, 7) is 6.89. The number of likely N-dealkylation sites (tertiary alicyclic amines) is 1. The van der Waals surface area contributed by atoms with Crippen LogP contribution in [0.1, 0.15) is 32.6 Å². The molecular formula is C13H28N2O. The summed E-state index contributed by atoms with van der Waals surface area (Å²) in [7, 11) is 4.41. The predicted molar refractivity (Wildman–Crippen MR) is 68.6 cm³/mol. The van der Waals surface area contributed by atoms with E-state index in [1.807, 2.05) is 6.92 Å². The van der Waals surface area contributed by atoms with Crippen LogP contribution in [0.25, 0.3) is 0 Å². The highest BCUT2D eigenvalue weighted by Crippen LogP contribution is 2.15. The summed E-state index contributed by atoms with van der Waals surface area (Å²) in [4.78, 5) is 4.84. The van der Waals surface area contributed by atoms with Crippen LogP contribution < -0.4 is 0 Å². The zero-order valence-corrected chi connectivity index (χ0v) is 11.2. The Morgan fingerprint density at radius 2 is 2.25 bits per heavy atom. The first kappa shape index (κ1) is 13.9. The molecule has 0 aliphatic carbocycles. The average Bonchev–Trinajstić information content (AvgIpc) is 2.63. The quantitative estimate of drug-likeness (QED) is 0.714. The molecule has 0 spiro atoms. The number of nitrogens with zero attached hydrogens (tertiary/aromatic N) is 2. The standard InChI is InChI=1S/C13H28N2O/c1-4-13(16)6-5-8-14(2)10-12-7-9-15(3)11-12/h12-13,16H,4-11H2,1-3H3. The summed E-state index contributed by atoms with van der Waals surface area (Å²) in [5, 5.41) is 9.46. The van der Waals surface area contributed by atoms with Crippen LogP contribution in [0.4, 0.5) is 0 Å². The molecule has 1 aliphatic rings. The summed E-state index contributed by atoms with van der Waals surface area (Å²) in [5.74, 6) is 0.853. The minimum absolute atomic E-state index is 0.0917. The number of aliphatic hydroxyl groups excluding tert-OH is 1. The van der Waals surface area contributed by atoms with Gasteiger partial charge in [0.15, 0.2) is 0 Å². The second-order valence-electron chi connectivity index (χ2n) is 5.38. The lowest BCUT2D eigenvalue weighted by Gasteiger charge is -2.21. The predicted octanol–water partition coefficient (Wildman–Crippen LogP) is 1.42. The number of hydrogen-bond donors (Lipinski definition) is 1. The normalized spacial score (nSPS) is 24.2. The van der Waals surface area contributed by atoms with Crippen LogP contribution >= 0.6 is 0 Å². The molecule has 0 bridgehead atoms. The zero-order valence-electron chi connectivity index (χ0n) is 11.2. The fourth-order valence-electron chi connectivity index (χ4n) is 2.51. The van der Waals surface area contributed by atoms with Crippen LogP contribution in [0.5, 0.6) is 0 Å². The van der Waals surface area contributed by atoms with E-state index in [1.54, 1.807) is 0 Å². The molecule has 1 rings (SSSR count). The maximum absolute atomic E-state index is 9.46. The second kappa shape index (κ2) is 7.25. The van der Waals surface area contributed by atoms with Gasteiger partial charge in [-0.1, -0.05) is 6.92 Å². The van der Waals surface area contributed by atoms with Crippen molar-refractivity contribution in [3.8, 4) is 0 Å². The van der Waals surface area contributed by atoms with E-state index in [4.69, 9.17) is 0 Å². The Hall–Kier alpha value is -0.120. The topological polar surface area (TPSA) is 26.7 Å². The highest BCUT2D eigenvalue weighted by molar-refractivity contribution is 4.75. The first-order valence-electron chi connectivity index (χ1n) is 6.67. The Kier molecular flexibility index (Phi) is 6.32. The monoisotopic (exact) mass is 228 g/mol. The fourth-order valence-corrected chi connectivity index (χ4v) is 2.51. The highest BCUT2D eigenvalue weighted by Gasteiger charge is 2.20. The number of aliphatic hydroxyl groups is 1. The van der Waals surface area contributed by atoms with E-state index in [-0.39, 0.29) is 6.10 Å². The zero-order chi connectivity index (χ0) is 12.0. The Balaban J connectivity index is 2.04. The van der Waals surface area contributed by atoms with Gasteiger partial charge in [0.25, 0.3) is 0 Å². The number of rotatable bonds is 7. The molecule has 0 radical (unpaired) electrons. The second-order valence-corrected chi connectivity index (χ2v) is 5.38. The number of hydrogen-bond acceptors (Lipinski definition) is 3. The maximum atomic E-state index is 9.46. The fraction of sp³-hybridized carbons (Fsp3) is 1.00. The van der Waals surface area contributed by atoms with Gasteiger partial charge in [0.1, 0.15) is 0 Å². The molecule has 2 unspecified atom stereocenters. The van der Waals surface area contributed by atoms with Crippen molar-refractivity contribution in [2.24, 2.45) is 5.92 Å². The van der Waals surface area contributed by atoms with Crippen LogP contribution in [0.15, 0.2) is 0 Å². The van der Waals surface area contributed by atoms with E-state index in [9.17, 15) is 5.11 Å². The van der Waals surface area contributed by atoms with E-state index in [0.29, 0.717) is 0 Å². The largest absolute Gasteiger partial charge is 0.393 e. The maximum Gasteiger partial charge on any atom is 0.0538 e. The third kappa shape index (κ3) is 5.28. The lowest BCUT2D eigenvalue weighted by atomic mass is 10.1. The molecule has 1 N–H and O–H groups in total. The van der Waals surface area contributed by atoms with E-state index in [1.165, 1.54) is 26.1 Å². The summed E-state index contributed by atoms with van der Waals surface area (Å²) < 4.78 is 0. The van der Waals surface area contributed by atoms with Crippen LogP contribution in [-0.4, -0.2) is 61.3 Å². The van der Waals surface area contributed by atoms with Crippen LogP contribution in [0.3, 0.4) is 0 Å². The van der Waals surface area contributed by atoms with Gasteiger partial charge in [0.2, 0.25) is 0 Å². The molecule has 3 heteroatoms. The van der Waals surface area contributed by atoms with Crippen molar-refractivity contribution in [2.45, 2.75) is 38.7 Å². The Labute approximate surface area is 100 Å². The van der Waals surface area contributed by atoms with Crippen LogP contribution in [0.2, 0.25) is 0 Å². The molecule has 2 atom stereocenters. The molecule has 1 heterocycles. The van der Waals surface area contributed by atoms with Gasteiger partial charge in [-0.15, -0.1) is 0 Å². The Morgan fingerprint density at radius 3 is 2.81 bits per heavy atom. The Morgan fingerprint density at radius 1 is 1.50 bits per heavy atom. The molecule has 0 aromatic rings. The van der Waals surface area contributed by atoms with Gasteiger partial charge in [-0.3, -0.25) is 0 Å². The molecule has 0 aromatic carbocycles. The molecule has 1 fully saturated rings. The molecule has 0 saturated carbocycles. The van der Waals surface area contributed by atoms with E-state index in [0.717, 1.165) is 31.7 Å². The summed E-state index contributed by atoms with van der Waals surface area (Å²) >= 11 is 0. The van der Waals surface area contributed by atoms with Gasteiger partial charge in [0, 0.05) is 13.1 Å². The minimum Gasteiger partial charge on any atom is -0.393 e. The highest BCUT2D eigenvalue weighted by atomic mass is 16.3. The molecule has 3 nitrogen and oxygen atoms in total. The van der Waals surface area contributed by atoms with Gasteiger partial charge in [0.05, 0.1) is 6.10 Å². The molecule has 16 heavy (non-hydrogen) atoms. The average molecular weight is 228 g/mol. The summed E-state index contributed by atoms with van der Waals surface area (Å²) in [6, 6.07) is 0. The van der Waals surface area contributed by atoms with E-state index in [2.05, 4.69) is 23.9 Å². The van der Waals surface area contributed by atoms with Crippen LogP contribution in [0, 0.1) is 5.92 Å². The van der Waals surface area contributed by atoms with Gasteiger partial charge in [-0.25, -0.2) is 0 Å². The van der Waals surface area contributed by atoms with Crippen molar-refractivity contribution in [2.75, 3.05) is 40.3 Å². The lowest BCUT2D eigenvalue weighted by molar-refractivity contribution is 0.150. The van der Waals surface area contributed by atoms with E-state index < -0.39 is 0 Å². The third-order valence-electron chi connectivity index (χ3n) is 3.61. The van der Waals surface area contributed by atoms with Crippen LogP contribution in [-0.2, 0) is 0 Å². The van der Waals surface area contributed by atoms with Gasteiger partial charge in [-0.2, -0.15) is 0 Å². The van der Waals surface area contributed by atoms with Crippen molar-refractivity contribution in [1.29, 1.82) is 0 Å². The van der Waals surface area contributed by atoms with Crippen molar-refractivity contribution in [3.63, 3.8) is 0 Å². The summed E-state index contributed by atoms with van der Waals surface area (Å²) in [6.07, 6.45) is 4.21. The summed E-state index contributed by atoms with van der Waals surface area (Å²) in [5.41, 5.74) is 0. The molecule has 96 valence electrons. The minimum atomic E-state index is -0.0917. The third-order valence-corrected chi connectivity index (χ3v) is 3.61.